The summed E-state index contributed by atoms with van der Waals surface area (Å²) in [7, 11) is 0. The fourth-order valence-electron chi connectivity index (χ4n) is 1.65. The fraction of sp³-hybridized carbons (Fsp3) is 0.538. The van der Waals surface area contributed by atoms with E-state index in [9.17, 15) is 17.6 Å². The normalized spacial score (nSPS) is 15.1. The van der Waals surface area contributed by atoms with Crippen LogP contribution >= 0.6 is 0 Å². The quantitative estimate of drug-likeness (QED) is 0.827. The lowest BCUT2D eigenvalue weighted by Crippen LogP contribution is -2.32. The number of benzene rings is 1. The van der Waals surface area contributed by atoms with Crippen molar-refractivity contribution < 1.29 is 22.3 Å². The van der Waals surface area contributed by atoms with Gasteiger partial charge in [0.2, 0.25) is 0 Å². The first-order chi connectivity index (χ1) is 8.77. The summed E-state index contributed by atoms with van der Waals surface area (Å²) in [4.78, 5) is 0. The topological polar surface area (TPSA) is 21.3 Å². The summed E-state index contributed by atoms with van der Waals surface area (Å²) >= 11 is 0. The highest BCUT2D eigenvalue weighted by atomic mass is 19.4. The van der Waals surface area contributed by atoms with Crippen molar-refractivity contribution in [3.8, 4) is 5.75 Å². The van der Waals surface area contributed by atoms with E-state index in [4.69, 9.17) is 4.74 Å². The summed E-state index contributed by atoms with van der Waals surface area (Å²) in [6, 6.07) is 3.79. The van der Waals surface area contributed by atoms with E-state index < -0.39 is 18.1 Å². The van der Waals surface area contributed by atoms with Crippen LogP contribution in [0.4, 0.5) is 17.6 Å². The first kappa shape index (κ1) is 15.8. The van der Waals surface area contributed by atoms with Gasteiger partial charge in [0, 0.05) is 11.6 Å². The maximum absolute atomic E-state index is 13.7. The maximum atomic E-state index is 13.7. The molecule has 19 heavy (non-hydrogen) atoms. The van der Waals surface area contributed by atoms with Gasteiger partial charge in [-0.25, -0.2) is 4.39 Å². The van der Waals surface area contributed by atoms with Crippen molar-refractivity contribution >= 4 is 0 Å². The number of hydrogen-bond acceptors (Lipinski definition) is 2. The Morgan fingerprint density at radius 3 is 2.42 bits per heavy atom. The molecule has 0 aliphatic rings. The van der Waals surface area contributed by atoms with Crippen molar-refractivity contribution in [1.29, 1.82) is 0 Å². The number of halogens is 4. The molecule has 0 aromatic heterocycles. The summed E-state index contributed by atoms with van der Waals surface area (Å²) in [6.45, 7) is 5.07. The molecule has 1 N–H and O–H groups in total. The van der Waals surface area contributed by atoms with Crippen molar-refractivity contribution in [2.45, 2.75) is 39.1 Å². The van der Waals surface area contributed by atoms with Gasteiger partial charge in [0.1, 0.15) is 0 Å². The summed E-state index contributed by atoms with van der Waals surface area (Å²) in [5.41, 5.74) is 0.373. The Hall–Kier alpha value is -1.30. The zero-order valence-electron chi connectivity index (χ0n) is 11.0. The monoisotopic (exact) mass is 279 g/mol. The largest absolute Gasteiger partial charge is 0.478 e. The average molecular weight is 279 g/mol. The van der Waals surface area contributed by atoms with Crippen molar-refractivity contribution in [3.05, 3.63) is 29.6 Å². The van der Waals surface area contributed by atoms with Gasteiger partial charge in [0.05, 0.1) is 0 Å². The summed E-state index contributed by atoms with van der Waals surface area (Å²) in [6.07, 6.45) is -6.59. The van der Waals surface area contributed by atoms with Gasteiger partial charge >= 0.3 is 6.18 Å². The van der Waals surface area contributed by atoms with Gasteiger partial charge < -0.3 is 10.1 Å². The lowest BCUT2D eigenvalue weighted by atomic mass is 10.1. The molecule has 1 aromatic rings. The van der Waals surface area contributed by atoms with Crippen LogP contribution in [0.1, 0.15) is 32.4 Å². The highest BCUT2D eigenvalue weighted by molar-refractivity contribution is 5.37. The van der Waals surface area contributed by atoms with E-state index >= 15 is 0 Å². The number of para-hydroxylation sites is 1. The van der Waals surface area contributed by atoms with E-state index in [1.807, 2.05) is 6.92 Å². The smallest absolute Gasteiger partial charge is 0.425 e. The Labute approximate surface area is 109 Å². The fourth-order valence-corrected chi connectivity index (χ4v) is 1.65. The number of rotatable bonds is 5. The minimum atomic E-state index is -4.53. The van der Waals surface area contributed by atoms with Crippen LogP contribution in [0.2, 0.25) is 0 Å². The van der Waals surface area contributed by atoms with Crippen molar-refractivity contribution in [2.24, 2.45) is 0 Å². The van der Waals surface area contributed by atoms with Gasteiger partial charge in [-0.2, -0.15) is 13.2 Å². The predicted molar refractivity (Wildman–Crippen MR) is 64.6 cm³/mol. The number of ether oxygens (including phenoxy) is 1. The summed E-state index contributed by atoms with van der Waals surface area (Å²) in [5, 5.41) is 3.01. The van der Waals surface area contributed by atoms with Gasteiger partial charge in [-0.3, -0.25) is 0 Å². The molecule has 0 aliphatic carbocycles. The van der Waals surface area contributed by atoms with Crippen molar-refractivity contribution in [2.75, 3.05) is 6.54 Å². The molecule has 1 rings (SSSR count). The lowest BCUT2D eigenvalue weighted by Gasteiger charge is -2.22. The molecule has 108 valence electrons. The molecule has 0 spiro atoms. The average Bonchev–Trinajstić information content (AvgIpc) is 2.30. The van der Waals surface area contributed by atoms with Gasteiger partial charge in [-0.1, -0.05) is 19.1 Å². The molecule has 2 unspecified atom stereocenters. The van der Waals surface area contributed by atoms with E-state index in [2.05, 4.69) is 5.32 Å². The van der Waals surface area contributed by atoms with Gasteiger partial charge in [-0.05, 0) is 26.5 Å². The molecule has 0 bridgehead atoms. The van der Waals surface area contributed by atoms with Crippen LogP contribution in [0, 0.1) is 5.82 Å². The van der Waals surface area contributed by atoms with Crippen molar-refractivity contribution in [1.82, 2.24) is 5.32 Å². The van der Waals surface area contributed by atoms with Crippen LogP contribution in [0.25, 0.3) is 0 Å². The van der Waals surface area contributed by atoms with Crippen molar-refractivity contribution in [3.63, 3.8) is 0 Å². The molecule has 2 atom stereocenters. The van der Waals surface area contributed by atoms with E-state index in [0.717, 1.165) is 13.0 Å². The Balaban J connectivity index is 3.05. The zero-order valence-corrected chi connectivity index (χ0v) is 11.0. The second kappa shape index (κ2) is 6.23. The predicted octanol–water partition coefficient (Wildman–Crippen LogP) is 3.83. The molecule has 0 heterocycles. The van der Waals surface area contributed by atoms with E-state index in [1.165, 1.54) is 6.07 Å². The Morgan fingerprint density at radius 1 is 1.26 bits per heavy atom. The maximum Gasteiger partial charge on any atom is 0.425 e. The molecule has 1 aromatic carbocycles. The van der Waals surface area contributed by atoms with Crippen LogP contribution in [0.5, 0.6) is 5.75 Å². The molecule has 0 radical (unpaired) electrons. The standard InChI is InChI=1S/C13H17F4NO/c1-4-18-8(2)10-6-5-7-11(14)12(10)19-9(3)13(15,16)17/h5-9,18H,4H2,1-3H3. The van der Waals surface area contributed by atoms with Crippen LogP contribution in [0.15, 0.2) is 18.2 Å². The highest BCUT2D eigenvalue weighted by Crippen LogP contribution is 2.32. The zero-order chi connectivity index (χ0) is 14.6. The third-order valence-electron chi connectivity index (χ3n) is 2.73. The molecule has 0 fully saturated rings. The highest BCUT2D eigenvalue weighted by Gasteiger charge is 2.39. The van der Waals surface area contributed by atoms with Crippen LogP contribution < -0.4 is 10.1 Å². The van der Waals surface area contributed by atoms with E-state index in [0.29, 0.717) is 12.1 Å². The van der Waals surface area contributed by atoms with Crippen LogP contribution in [-0.4, -0.2) is 18.8 Å². The van der Waals surface area contributed by atoms with Crippen LogP contribution in [0.3, 0.4) is 0 Å². The molecule has 6 heteroatoms. The number of alkyl halides is 3. The minimum Gasteiger partial charge on any atom is -0.478 e. The second-order valence-corrected chi connectivity index (χ2v) is 4.24. The molecular weight excluding hydrogens is 262 g/mol. The van der Waals surface area contributed by atoms with Gasteiger partial charge in [0.25, 0.3) is 0 Å². The van der Waals surface area contributed by atoms with Gasteiger partial charge in [-0.15, -0.1) is 0 Å². The summed E-state index contributed by atoms with van der Waals surface area (Å²) in [5.74, 6) is -1.14. The summed E-state index contributed by atoms with van der Waals surface area (Å²) < 4.78 is 55.9. The number of hydrogen-bond donors (Lipinski definition) is 1. The molecule has 2 nitrogen and oxygen atoms in total. The first-order valence-corrected chi connectivity index (χ1v) is 6.02. The second-order valence-electron chi connectivity index (χ2n) is 4.24. The third kappa shape index (κ3) is 4.09. The van der Waals surface area contributed by atoms with Gasteiger partial charge in [0.15, 0.2) is 17.7 Å². The van der Waals surface area contributed by atoms with E-state index in [-0.39, 0.29) is 11.8 Å². The third-order valence-corrected chi connectivity index (χ3v) is 2.73. The minimum absolute atomic E-state index is 0.295. The SMILES string of the molecule is CCNC(C)c1cccc(F)c1OC(C)C(F)(F)F. The van der Waals surface area contributed by atoms with E-state index in [1.54, 1.807) is 13.0 Å². The first-order valence-electron chi connectivity index (χ1n) is 6.02. The van der Waals surface area contributed by atoms with Crippen LogP contribution in [-0.2, 0) is 0 Å². The Morgan fingerprint density at radius 2 is 1.89 bits per heavy atom. The molecule has 0 saturated carbocycles. The molecule has 0 aliphatic heterocycles. The molecule has 0 saturated heterocycles. The Kier molecular flexibility index (Phi) is 5.17. The Bertz CT molecular complexity index is 420. The molecule has 0 amide bonds. The lowest BCUT2D eigenvalue weighted by molar-refractivity contribution is -0.189. The number of nitrogens with one attached hydrogen (secondary N) is 1. The molecular formula is C13H17F4NO.